The van der Waals surface area contributed by atoms with E-state index >= 15 is 0 Å². The smallest absolute Gasteiger partial charge is 0.408 e. The molecule has 0 radical (unpaired) electrons. The topological polar surface area (TPSA) is 71.5 Å². The number of ether oxygens (including phenoxy) is 1. The van der Waals surface area contributed by atoms with E-state index in [1.54, 1.807) is 39.0 Å². The van der Waals surface area contributed by atoms with Gasteiger partial charge in [0.15, 0.2) is 0 Å². The molecular weight excluding hydrogens is 456 g/mol. The molecule has 10 heteroatoms. The lowest BCUT2D eigenvalue weighted by molar-refractivity contribution is -0.120. The predicted octanol–water partition coefficient (Wildman–Crippen LogP) is 4.79. The number of fused-ring (bicyclic) bond motifs is 1. The molecule has 172 valence electrons. The monoisotopic (exact) mass is 482 g/mol. The van der Waals surface area contributed by atoms with Gasteiger partial charge in [0.05, 0.1) is 17.1 Å². The van der Waals surface area contributed by atoms with Crippen molar-refractivity contribution in [2.24, 2.45) is 0 Å². The van der Waals surface area contributed by atoms with E-state index in [0.717, 1.165) is 22.9 Å². The summed E-state index contributed by atoms with van der Waals surface area (Å²) in [6.45, 7) is 5.04. The molecule has 0 fully saturated rings. The Morgan fingerprint density at radius 1 is 1.22 bits per heavy atom. The Hall–Kier alpha value is -2.72. The third-order valence-corrected chi connectivity index (χ3v) is 5.08. The summed E-state index contributed by atoms with van der Waals surface area (Å²) in [6.07, 6.45) is -0.970. The van der Waals surface area contributed by atoms with Crippen LogP contribution in [0.2, 0.25) is 0 Å². The molecule has 0 aliphatic carbocycles. The fourth-order valence-corrected chi connectivity index (χ4v) is 3.57. The third kappa shape index (κ3) is 6.64. The highest BCUT2D eigenvalue weighted by molar-refractivity contribution is 7.59. The fourth-order valence-electron chi connectivity index (χ4n) is 2.98. The van der Waals surface area contributed by atoms with E-state index in [-0.39, 0.29) is 31.0 Å². The lowest BCUT2D eigenvalue weighted by atomic mass is 10.0. The van der Waals surface area contributed by atoms with E-state index in [0.29, 0.717) is 11.2 Å². The van der Waals surface area contributed by atoms with Crippen LogP contribution >= 0.6 is 24.8 Å². The second-order valence-electron chi connectivity index (χ2n) is 8.04. The molecular formula is C22H25F2N3O3S2. The number of carbonyl (C=O) groups is 2. The normalized spacial score (nSPS) is 12.5. The van der Waals surface area contributed by atoms with E-state index in [9.17, 15) is 18.4 Å². The second kappa shape index (κ2) is 10.3. The number of hydrogen-bond donors (Lipinski definition) is 1. The van der Waals surface area contributed by atoms with Gasteiger partial charge in [-0.05, 0) is 56.7 Å². The third-order valence-electron chi connectivity index (χ3n) is 4.33. The number of amides is 2. The van der Waals surface area contributed by atoms with Crippen molar-refractivity contribution >= 4 is 52.7 Å². The van der Waals surface area contributed by atoms with Gasteiger partial charge in [0.1, 0.15) is 23.3 Å². The zero-order valence-electron chi connectivity index (χ0n) is 19.0. The summed E-state index contributed by atoms with van der Waals surface area (Å²) in [5.41, 5.74) is 0.635. The molecule has 1 heterocycles. The molecule has 0 bridgehead atoms. The number of alkyl carbamates (subject to hydrolysis) is 1. The number of rotatable bonds is 5. The largest absolute Gasteiger partial charge is 0.444 e. The summed E-state index contributed by atoms with van der Waals surface area (Å²) < 4.78 is 41.1. The SMILES string of the molecule is S.[2H]c1nc2cc(N(C)C(=O)[C@H](Cc3cc(F)cc(F)c3)NC(=O)OC(C)(C)C)ccc2s1. The summed E-state index contributed by atoms with van der Waals surface area (Å²) in [5, 5.41) is 2.51. The van der Waals surface area contributed by atoms with Crippen molar-refractivity contribution in [1.82, 2.24) is 10.3 Å². The standard InChI is InChI=1S/C22H23F2N3O3S.H2S/c1-22(2,3)30-21(29)26-18(9-13-7-14(23)10-15(24)8-13)20(28)27(4)16-5-6-19-17(11-16)25-12-31-19;/h5-8,10-12,18H,9H2,1-4H3,(H,26,29);1H2/t18-;/m0./s1/i12D;. The van der Waals surface area contributed by atoms with Crippen molar-refractivity contribution in [2.75, 3.05) is 11.9 Å². The zero-order chi connectivity index (χ0) is 23.6. The van der Waals surface area contributed by atoms with Crippen molar-refractivity contribution in [3.05, 3.63) is 59.1 Å². The van der Waals surface area contributed by atoms with Gasteiger partial charge >= 0.3 is 6.09 Å². The van der Waals surface area contributed by atoms with Crippen LogP contribution in [-0.4, -0.2) is 35.7 Å². The van der Waals surface area contributed by atoms with Crippen molar-refractivity contribution in [3.63, 3.8) is 0 Å². The molecule has 3 rings (SSSR count). The molecule has 0 saturated heterocycles. The van der Waals surface area contributed by atoms with Gasteiger partial charge in [-0.2, -0.15) is 13.5 Å². The van der Waals surface area contributed by atoms with Crippen molar-refractivity contribution < 1.29 is 24.5 Å². The van der Waals surface area contributed by atoms with Crippen molar-refractivity contribution in [2.45, 2.75) is 38.8 Å². The number of anilines is 1. The van der Waals surface area contributed by atoms with E-state index < -0.39 is 35.3 Å². The number of halogens is 2. The van der Waals surface area contributed by atoms with Crippen LogP contribution in [0.5, 0.6) is 0 Å². The number of benzene rings is 2. The highest BCUT2D eigenvalue weighted by Crippen LogP contribution is 2.24. The minimum absolute atomic E-state index is 0. The first-order chi connectivity index (χ1) is 14.9. The number of carbonyl (C=O) groups excluding carboxylic acids is 2. The van der Waals surface area contributed by atoms with Crippen LogP contribution in [0, 0.1) is 11.6 Å². The van der Waals surface area contributed by atoms with Crippen molar-refractivity contribution in [3.8, 4) is 0 Å². The lowest BCUT2D eigenvalue weighted by Crippen LogP contribution is -2.50. The molecule has 3 aromatic rings. The minimum Gasteiger partial charge on any atom is -0.444 e. The summed E-state index contributed by atoms with van der Waals surface area (Å²) >= 11 is 1.21. The van der Waals surface area contributed by atoms with E-state index in [1.807, 2.05) is 0 Å². The maximum Gasteiger partial charge on any atom is 0.408 e. The van der Waals surface area contributed by atoms with Gasteiger partial charge in [-0.25, -0.2) is 18.6 Å². The molecule has 0 spiro atoms. The average Bonchev–Trinajstić information content (AvgIpc) is 3.03. The highest BCUT2D eigenvalue weighted by atomic mass is 32.1. The molecule has 1 atom stereocenters. The number of hydrogen-bond acceptors (Lipinski definition) is 5. The Bertz CT molecular complexity index is 1150. The molecule has 0 aliphatic heterocycles. The molecule has 2 amide bonds. The van der Waals surface area contributed by atoms with Crippen LogP contribution in [0.4, 0.5) is 19.3 Å². The quantitative estimate of drug-likeness (QED) is 0.568. The zero-order valence-corrected chi connectivity index (χ0v) is 19.8. The van der Waals surface area contributed by atoms with Crippen LogP contribution in [0.3, 0.4) is 0 Å². The Morgan fingerprint density at radius 2 is 1.88 bits per heavy atom. The predicted molar refractivity (Wildman–Crippen MR) is 127 cm³/mol. The highest BCUT2D eigenvalue weighted by Gasteiger charge is 2.28. The second-order valence-corrected chi connectivity index (χ2v) is 8.86. The average molecular weight is 483 g/mol. The molecule has 2 aromatic carbocycles. The first-order valence-electron chi connectivity index (χ1n) is 10.0. The van der Waals surface area contributed by atoms with E-state index in [2.05, 4.69) is 10.3 Å². The first kappa shape index (κ1) is 23.9. The Morgan fingerprint density at radius 3 is 2.50 bits per heavy atom. The van der Waals surface area contributed by atoms with Gasteiger partial charge < -0.3 is 15.0 Å². The van der Waals surface area contributed by atoms with Gasteiger partial charge in [0.25, 0.3) is 0 Å². The van der Waals surface area contributed by atoms with Crippen LogP contribution in [0.1, 0.15) is 27.7 Å². The molecule has 0 unspecified atom stereocenters. The maximum atomic E-state index is 13.7. The number of aromatic nitrogens is 1. The van der Waals surface area contributed by atoms with Gasteiger partial charge in [-0.3, -0.25) is 4.79 Å². The number of thiazole rings is 1. The van der Waals surface area contributed by atoms with E-state index in [1.165, 1.54) is 23.3 Å². The van der Waals surface area contributed by atoms with Crippen LogP contribution in [0.15, 0.2) is 41.9 Å². The first-order valence-corrected chi connectivity index (χ1v) is 10.3. The molecule has 1 N–H and O–H groups in total. The summed E-state index contributed by atoms with van der Waals surface area (Å²) in [5.74, 6) is -2.07. The summed E-state index contributed by atoms with van der Waals surface area (Å²) in [6, 6.07) is 6.92. The molecule has 32 heavy (non-hydrogen) atoms. The van der Waals surface area contributed by atoms with Gasteiger partial charge in [-0.15, -0.1) is 11.3 Å². The molecule has 6 nitrogen and oxygen atoms in total. The maximum absolute atomic E-state index is 13.7. The van der Waals surface area contributed by atoms with Gasteiger partial charge in [0, 0.05) is 25.2 Å². The molecule has 0 saturated carbocycles. The Labute approximate surface area is 197 Å². The summed E-state index contributed by atoms with van der Waals surface area (Å²) in [7, 11) is 1.52. The van der Waals surface area contributed by atoms with E-state index in [4.69, 9.17) is 6.11 Å². The minimum atomic E-state index is -1.14. The molecule has 1 aromatic heterocycles. The Balaban J connectivity index is 0.00000385. The van der Waals surface area contributed by atoms with Crippen LogP contribution < -0.4 is 10.2 Å². The number of likely N-dealkylation sites (N-methyl/N-ethyl adjacent to an activating group) is 1. The van der Waals surface area contributed by atoms with Crippen molar-refractivity contribution in [1.29, 1.82) is 0 Å². The Kier molecular flexibility index (Phi) is 7.68. The number of nitrogens with one attached hydrogen (secondary N) is 1. The number of nitrogens with zero attached hydrogens (tertiary/aromatic N) is 2. The van der Waals surface area contributed by atoms with Gasteiger partial charge in [0.2, 0.25) is 5.91 Å². The summed E-state index contributed by atoms with van der Waals surface area (Å²) in [4.78, 5) is 31.1. The van der Waals surface area contributed by atoms with Crippen LogP contribution in [0.25, 0.3) is 10.2 Å². The van der Waals surface area contributed by atoms with Crippen LogP contribution in [-0.2, 0) is 16.0 Å². The molecule has 0 aliphatic rings. The van der Waals surface area contributed by atoms with Gasteiger partial charge in [-0.1, -0.05) is 0 Å². The fraction of sp³-hybridized carbons (Fsp3) is 0.318. The lowest BCUT2D eigenvalue weighted by Gasteiger charge is -2.26.